The van der Waals surface area contributed by atoms with Crippen LogP contribution in [0.4, 0.5) is 0 Å². The first kappa shape index (κ1) is 10.3. The molecule has 0 aromatic carbocycles. The summed E-state index contributed by atoms with van der Waals surface area (Å²) < 4.78 is 0. The van der Waals surface area contributed by atoms with Crippen LogP contribution in [0.2, 0.25) is 0 Å². The summed E-state index contributed by atoms with van der Waals surface area (Å²) >= 11 is 0. The molecule has 0 radical (unpaired) electrons. The number of hydrogen-bond donors (Lipinski definition) is 3. The summed E-state index contributed by atoms with van der Waals surface area (Å²) in [7, 11) is 0. The number of allylic oxidation sites excluding steroid dienone is 5. The van der Waals surface area contributed by atoms with Crippen LogP contribution in [0.25, 0.3) is 6.08 Å². The molecule has 2 aliphatic carbocycles. The minimum atomic E-state index is 0.0637. The van der Waals surface area contributed by atoms with E-state index in [1.807, 2.05) is 12.2 Å². The molecule has 88 valence electrons. The molecule has 3 N–H and O–H groups in total. The highest BCUT2D eigenvalue weighted by molar-refractivity contribution is 5.66. The fraction of sp³-hybridized carbons (Fsp3) is 0.286. The topological polar surface area (TPSA) is 56.2 Å². The fourth-order valence-electron chi connectivity index (χ4n) is 2.78. The second kappa shape index (κ2) is 3.84. The molecule has 3 heteroatoms. The van der Waals surface area contributed by atoms with Crippen LogP contribution in [0, 0.1) is 5.92 Å². The van der Waals surface area contributed by atoms with Crippen molar-refractivity contribution >= 4 is 6.08 Å². The molecule has 17 heavy (non-hydrogen) atoms. The van der Waals surface area contributed by atoms with Crippen LogP contribution in [-0.2, 0) is 0 Å². The third kappa shape index (κ3) is 1.58. The van der Waals surface area contributed by atoms with Crippen molar-refractivity contribution in [2.75, 3.05) is 0 Å². The largest absolute Gasteiger partial charge is 0.494 e. The Kier molecular flexibility index (Phi) is 2.32. The van der Waals surface area contributed by atoms with Gasteiger partial charge in [-0.3, -0.25) is 4.98 Å². The van der Waals surface area contributed by atoms with Gasteiger partial charge in [0.15, 0.2) is 11.8 Å². The smallest absolute Gasteiger partial charge is 0.198 e. The first-order chi connectivity index (χ1) is 8.27. The van der Waals surface area contributed by atoms with Crippen LogP contribution in [-0.4, -0.2) is 15.2 Å². The maximum Gasteiger partial charge on any atom is 0.198 e. The zero-order chi connectivity index (χ0) is 11.8. The van der Waals surface area contributed by atoms with Gasteiger partial charge in [0.05, 0.1) is 0 Å². The molecule has 0 spiro atoms. The molecule has 0 aliphatic heterocycles. The molecule has 1 aromatic heterocycles. The number of hydrogen-bond acceptors (Lipinski definition) is 2. The van der Waals surface area contributed by atoms with E-state index in [4.69, 9.17) is 0 Å². The predicted octanol–water partition coefficient (Wildman–Crippen LogP) is 3.06. The van der Waals surface area contributed by atoms with Crippen molar-refractivity contribution in [2.24, 2.45) is 5.92 Å². The zero-order valence-corrected chi connectivity index (χ0v) is 9.43. The maximum atomic E-state index is 9.89. The summed E-state index contributed by atoms with van der Waals surface area (Å²) in [6, 6.07) is 0. The second-order valence-corrected chi connectivity index (χ2v) is 4.61. The van der Waals surface area contributed by atoms with Gasteiger partial charge in [0.25, 0.3) is 0 Å². The summed E-state index contributed by atoms with van der Waals surface area (Å²) in [6.07, 6.45) is 14.2. The van der Waals surface area contributed by atoms with Crippen LogP contribution < -0.4 is 0 Å². The Balaban J connectivity index is 2.02. The lowest BCUT2D eigenvalue weighted by Gasteiger charge is -2.26. The number of nitrogens with one attached hydrogen (secondary N) is 1. The lowest BCUT2D eigenvalue weighted by molar-refractivity contribution is 0.415. The Morgan fingerprint density at radius 1 is 1.06 bits per heavy atom. The van der Waals surface area contributed by atoms with Crippen molar-refractivity contribution in [1.82, 2.24) is 4.98 Å². The maximum absolute atomic E-state index is 9.89. The molecule has 2 aliphatic rings. The fourth-order valence-corrected chi connectivity index (χ4v) is 2.78. The van der Waals surface area contributed by atoms with Crippen molar-refractivity contribution in [1.29, 1.82) is 0 Å². The Morgan fingerprint density at radius 2 is 1.94 bits per heavy atom. The molecule has 3 rings (SSSR count). The van der Waals surface area contributed by atoms with Crippen LogP contribution in [0.5, 0.6) is 11.8 Å². The van der Waals surface area contributed by atoms with Gasteiger partial charge in [-0.25, -0.2) is 0 Å². The first-order valence-electron chi connectivity index (χ1n) is 5.91. The summed E-state index contributed by atoms with van der Waals surface area (Å²) in [5.74, 6) is 0.807. The minimum absolute atomic E-state index is 0.0637. The first-order valence-corrected chi connectivity index (χ1v) is 5.91. The quantitative estimate of drug-likeness (QED) is 0.693. The van der Waals surface area contributed by atoms with E-state index in [-0.39, 0.29) is 17.7 Å². The number of aromatic amines is 1. The number of fused-ring (bicyclic) bond motifs is 1. The Hall–Kier alpha value is -1.90. The van der Waals surface area contributed by atoms with Crippen LogP contribution >= 0.6 is 0 Å². The molecule has 0 amide bonds. The summed E-state index contributed by atoms with van der Waals surface area (Å²) in [6.45, 7) is 0. The van der Waals surface area contributed by atoms with Crippen molar-refractivity contribution in [3.05, 3.63) is 41.5 Å². The lowest BCUT2D eigenvalue weighted by Crippen LogP contribution is -2.13. The van der Waals surface area contributed by atoms with Crippen LogP contribution in [0.1, 0.15) is 29.9 Å². The molecular weight excluding hydrogens is 214 g/mol. The van der Waals surface area contributed by atoms with Gasteiger partial charge in [0.1, 0.15) is 0 Å². The summed E-state index contributed by atoms with van der Waals surface area (Å²) in [5.41, 5.74) is 1.59. The molecule has 0 bridgehead atoms. The lowest BCUT2D eigenvalue weighted by atomic mass is 9.77. The van der Waals surface area contributed by atoms with E-state index < -0.39 is 0 Å². The second-order valence-electron chi connectivity index (χ2n) is 4.61. The molecule has 0 saturated carbocycles. The summed E-state index contributed by atoms with van der Waals surface area (Å²) in [4.78, 5) is 2.60. The van der Waals surface area contributed by atoms with Crippen LogP contribution in [0.3, 0.4) is 0 Å². The van der Waals surface area contributed by atoms with E-state index >= 15 is 0 Å². The highest BCUT2D eigenvalue weighted by atomic mass is 16.3. The Labute approximate surface area is 99.8 Å². The van der Waals surface area contributed by atoms with Gasteiger partial charge in [-0.15, -0.1) is 0 Å². The molecule has 1 heterocycles. The molecule has 2 atom stereocenters. The summed E-state index contributed by atoms with van der Waals surface area (Å²) in [5, 5.41) is 19.6. The normalized spacial score (nSPS) is 26.1. The van der Waals surface area contributed by atoms with E-state index in [1.165, 1.54) is 0 Å². The van der Waals surface area contributed by atoms with Crippen molar-refractivity contribution in [3.8, 4) is 11.8 Å². The molecule has 3 nitrogen and oxygen atoms in total. The van der Waals surface area contributed by atoms with E-state index in [0.29, 0.717) is 5.92 Å². The molecule has 1 aromatic rings. The zero-order valence-electron chi connectivity index (χ0n) is 9.43. The van der Waals surface area contributed by atoms with Gasteiger partial charge in [-0.05, 0) is 24.7 Å². The number of aromatic hydroxyl groups is 2. The van der Waals surface area contributed by atoms with Gasteiger partial charge >= 0.3 is 0 Å². The highest BCUT2D eigenvalue weighted by Gasteiger charge is 2.30. The van der Waals surface area contributed by atoms with Gasteiger partial charge in [-0.2, -0.15) is 0 Å². The average Bonchev–Trinajstić information content (AvgIpc) is 2.66. The highest BCUT2D eigenvalue weighted by Crippen LogP contribution is 2.45. The van der Waals surface area contributed by atoms with Crippen LogP contribution in [0.15, 0.2) is 30.4 Å². The van der Waals surface area contributed by atoms with Crippen molar-refractivity contribution < 1.29 is 10.2 Å². The average molecular weight is 229 g/mol. The van der Waals surface area contributed by atoms with E-state index in [0.717, 1.165) is 24.0 Å². The number of rotatable bonds is 1. The third-order valence-corrected chi connectivity index (χ3v) is 3.61. The SMILES string of the molecule is Oc1[nH]c(O)c2c1C=CCC2C1C=CC=CC1. The third-order valence-electron chi connectivity index (χ3n) is 3.61. The number of aromatic nitrogens is 1. The standard InChI is InChI=1S/C14H15NO2/c16-13-11-8-4-7-10(12(11)14(17)15-13)9-5-2-1-3-6-9/h1-5,8-10,15-17H,6-7H2. The van der Waals surface area contributed by atoms with E-state index in [2.05, 4.69) is 29.3 Å². The van der Waals surface area contributed by atoms with Gasteiger partial charge in [-0.1, -0.05) is 36.5 Å². The molecular formula is C14H15NO2. The van der Waals surface area contributed by atoms with Crippen molar-refractivity contribution in [2.45, 2.75) is 18.8 Å². The van der Waals surface area contributed by atoms with E-state index in [1.54, 1.807) is 0 Å². The van der Waals surface area contributed by atoms with Crippen molar-refractivity contribution in [3.63, 3.8) is 0 Å². The number of H-pyrrole nitrogens is 1. The van der Waals surface area contributed by atoms with Gasteiger partial charge in [0, 0.05) is 11.1 Å². The molecule has 0 saturated heterocycles. The monoisotopic (exact) mass is 229 g/mol. The van der Waals surface area contributed by atoms with Gasteiger partial charge < -0.3 is 10.2 Å². The minimum Gasteiger partial charge on any atom is -0.494 e. The Morgan fingerprint density at radius 3 is 2.71 bits per heavy atom. The molecule has 0 fully saturated rings. The Bertz CT molecular complexity index is 523. The van der Waals surface area contributed by atoms with E-state index in [9.17, 15) is 10.2 Å². The van der Waals surface area contributed by atoms with Gasteiger partial charge in [0.2, 0.25) is 0 Å². The predicted molar refractivity (Wildman–Crippen MR) is 66.9 cm³/mol. The molecule has 2 unspecified atom stereocenters.